The fourth-order valence-electron chi connectivity index (χ4n) is 2.89. The Bertz CT molecular complexity index is 1160. The van der Waals surface area contributed by atoms with E-state index in [0.717, 1.165) is 16.8 Å². The molecule has 0 spiro atoms. The zero-order valence-corrected chi connectivity index (χ0v) is 17.3. The average molecular weight is 405 g/mol. The van der Waals surface area contributed by atoms with Gasteiger partial charge in [-0.05, 0) is 50.1 Å². The maximum Gasteiger partial charge on any atom is 0.230 e. The Morgan fingerprint density at radius 2 is 2.00 bits per heavy atom. The molecule has 0 radical (unpaired) electrons. The first-order chi connectivity index (χ1) is 13.8. The summed E-state index contributed by atoms with van der Waals surface area (Å²) < 4.78 is 5.15. The summed E-state index contributed by atoms with van der Waals surface area (Å²) in [5.41, 5.74) is 3.54. The molecule has 6 nitrogen and oxygen atoms in total. The standard InChI is InChI=1S/C22H19N3O3S/c1-13-6-5-7-20(14(13)2)25(16(4)26)22-24-18(12-29-22)10-17(11-23)21(27)19-8-9-28-15(19)3/h5-10,12H,1-4H3/b17-10+. The number of carbonyl (C=O) groups excluding carboxylic acids is 2. The second kappa shape index (κ2) is 8.25. The number of ketones is 1. The largest absolute Gasteiger partial charge is 0.469 e. The first-order valence-corrected chi connectivity index (χ1v) is 9.74. The summed E-state index contributed by atoms with van der Waals surface area (Å²) in [5, 5.41) is 11.6. The van der Waals surface area contributed by atoms with E-state index in [9.17, 15) is 14.9 Å². The molecule has 0 N–H and O–H groups in total. The van der Waals surface area contributed by atoms with Crippen molar-refractivity contribution in [1.82, 2.24) is 4.98 Å². The Labute approximate surface area is 172 Å². The lowest BCUT2D eigenvalue weighted by Crippen LogP contribution is -2.23. The van der Waals surface area contributed by atoms with E-state index in [-0.39, 0.29) is 11.5 Å². The number of hydrogen-bond acceptors (Lipinski definition) is 6. The number of allylic oxidation sites excluding steroid dienone is 1. The summed E-state index contributed by atoms with van der Waals surface area (Å²) in [6, 6.07) is 9.20. The number of nitriles is 1. The fraction of sp³-hybridized carbons (Fsp3) is 0.182. The third-order valence-electron chi connectivity index (χ3n) is 4.59. The second-order valence-electron chi connectivity index (χ2n) is 6.52. The van der Waals surface area contributed by atoms with Gasteiger partial charge in [-0.1, -0.05) is 12.1 Å². The predicted molar refractivity (Wildman–Crippen MR) is 112 cm³/mol. The molecule has 0 saturated heterocycles. The topological polar surface area (TPSA) is 87.2 Å². The van der Waals surface area contributed by atoms with Crippen LogP contribution in [0, 0.1) is 32.1 Å². The molecule has 0 aliphatic rings. The third kappa shape index (κ3) is 4.03. The highest BCUT2D eigenvalue weighted by Gasteiger charge is 2.21. The molecular formula is C22H19N3O3S. The number of rotatable bonds is 5. The van der Waals surface area contributed by atoms with Crippen molar-refractivity contribution in [3.8, 4) is 6.07 Å². The fourth-order valence-corrected chi connectivity index (χ4v) is 3.73. The lowest BCUT2D eigenvalue weighted by Gasteiger charge is -2.21. The van der Waals surface area contributed by atoms with Crippen molar-refractivity contribution in [2.45, 2.75) is 27.7 Å². The van der Waals surface area contributed by atoms with Crippen molar-refractivity contribution in [3.05, 3.63) is 69.6 Å². The van der Waals surface area contributed by atoms with E-state index < -0.39 is 5.78 Å². The quantitative estimate of drug-likeness (QED) is 0.333. The zero-order chi connectivity index (χ0) is 21.1. The van der Waals surface area contributed by atoms with Gasteiger partial charge < -0.3 is 4.42 Å². The number of nitrogens with zero attached hydrogens (tertiary/aromatic N) is 3. The second-order valence-corrected chi connectivity index (χ2v) is 7.35. The van der Waals surface area contributed by atoms with E-state index in [1.807, 2.05) is 38.1 Å². The summed E-state index contributed by atoms with van der Waals surface area (Å²) in [6.45, 7) is 7.08. The van der Waals surface area contributed by atoms with Crippen LogP contribution in [0.1, 0.15) is 39.9 Å². The van der Waals surface area contributed by atoms with Crippen LogP contribution in [0.3, 0.4) is 0 Å². The van der Waals surface area contributed by atoms with Gasteiger partial charge in [0.2, 0.25) is 11.7 Å². The van der Waals surface area contributed by atoms with Gasteiger partial charge in [0.15, 0.2) is 5.13 Å². The van der Waals surface area contributed by atoms with Crippen LogP contribution in [-0.2, 0) is 4.79 Å². The summed E-state index contributed by atoms with van der Waals surface area (Å²) in [5.74, 6) is -0.145. The SMILES string of the molecule is CC(=O)N(c1nc(/C=C(\C#N)C(=O)c2ccoc2C)cs1)c1cccc(C)c1C. The highest BCUT2D eigenvalue weighted by molar-refractivity contribution is 7.14. The summed E-state index contributed by atoms with van der Waals surface area (Å²) in [4.78, 5) is 30.9. The Hall–Kier alpha value is -3.50. The van der Waals surface area contributed by atoms with Crippen LogP contribution in [-0.4, -0.2) is 16.7 Å². The van der Waals surface area contributed by atoms with Crippen molar-refractivity contribution < 1.29 is 14.0 Å². The van der Waals surface area contributed by atoms with Crippen LogP contribution in [0.15, 0.2) is 45.9 Å². The highest BCUT2D eigenvalue weighted by Crippen LogP contribution is 2.33. The van der Waals surface area contributed by atoms with Gasteiger partial charge >= 0.3 is 0 Å². The van der Waals surface area contributed by atoms with Crippen LogP contribution in [0.4, 0.5) is 10.8 Å². The van der Waals surface area contributed by atoms with E-state index in [2.05, 4.69) is 4.98 Å². The van der Waals surface area contributed by atoms with E-state index in [1.54, 1.807) is 17.2 Å². The first-order valence-electron chi connectivity index (χ1n) is 8.86. The molecule has 29 heavy (non-hydrogen) atoms. The molecule has 0 unspecified atom stereocenters. The Morgan fingerprint density at radius 3 is 2.62 bits per heavy atom. The predicted octanol–water partition coefficient (Wildman–Crippen LogP) is 5.14. The molecular weight excluding hydrogens is 386 g/mol. The van der Waals surface area contributed by atoms with Crippen molar-refractivity contribution in [2.24, 2.45) is 0 Å². The van der Waals surface area contributed by atoms with Gasteiger partial charge in [-0.3, -0.25) is 14.5 Å². The minimum Gasteiger partial charge on any atom is -0.469 e. The van der Waals surface area contributed by atoms with Crippen LogP contribution in [0.25, 0.3) is 6.08 Å². The van der Waals surface area contributed by atoms with Crippen LogP contribution in [0.5, 0.6) is 0 Å². The van der Waals surface area contributed by atoms with E-state index in [4.69, 9.17) is 4.42 Å². The van der Waals surface area contributed by atoms with Gasteiger partial charge in [0.1, 0.15) is 17.4 Å². The molecule has 3 aromatic rings. The number of aryl methyl sites for hydroxylation is 2. The number of thiazole rings is 1. The molecule has 1 aromatic carbocycles. The van der Waals surface area contributed by atoms with Crippen LogP contribution < -0.4 is 4.90 Å². The number of hydrogen-bond donors (Lipinski definition) is 0. The Balaban J connectivity index is 1.98. The summed E-state index contributed by atoms with van der Waals surface area (Å²) in [7, 11) is 0. The molecule has 0 fully saturated rings. The number of furan rings is 1. The minimum absolute atomic E-state index is 0.0486. The van der Waals surface area contributed by atoms with Crippen LogP contribution >= 0.6 is 11.3 Å². The van der Waals surface area contributed by atoms with Crippen molar-refractivity contribution in [3.63, 3.8) is 0 Å². The van der Waals surface area contributed by atoms with Gasteiger partial charge in [0.25, 0.3) is 0 Å². The molecule has 7 heteroatoms. The molecule has 3 rings (SSSR count). The van der Waals surface area contributed by atoms with Crippen molar-refractivity contribution in [1.29, 1.82) is 5.26 Å². The number of amides is 1. The summed E-state index contributed by atoms with van der Waals surface area (Å²) in [6.07, 6.45) is 2.84. The van der Waals surface area contributed by atoms with Crippen molar-refractivity contribution in [2.75, 3.05) is 4.90 Å². The highest BCUT2D eigenvalue weighted by atomic mass is 32.1. The number of benzene rings is 1. The Kier molecular flexibility index (Phi) is 5.76. The molecule has 146 valence electrons. The number of aromatic nitrogens is 1. The maximum atomic E-state index is 12.6. The van der Waals surface area contributed by atoms with Crippen LogP contribution in [0.2, 0.25) is 0 Å². The molecule has 0 aliphatic heterocycles. The average Bonchev–Trinajstić information content (AvgIpc) is 3.31. The van der Waals surface area contributed by atoms with E-state index in [0.29, 0.717) is 22.1 Å². The van der Waals surface area contributed by atoms with E-state index in [1.165, 1.54) is 36.7 Å². The summed E-state index contributed by atoms with van der Waals surface area (Å²) >= 11 is 1.27. The number of carbonyl (C=O) groups is 2. The van der Waals surface area contributed by atoms with E-state index >= 15 is 0 Å². The molecule has 0 saturated carbocycles. The van der Waals surface area contributed by atoms with Gasteiger partial charge in [0, 0.05) is 12.3 Å². The molecule has 2 heterocycles. The van der Waals surface area contributed by atoms with Gasteiger partial charge in [-0.15, -0.1) is 11.3 Å². The number of anilines is 2. The monoisotopic (exact) mass is 405 g/mol. The minimum atomic E-state index is -0.425. The maximum absolute atomic E-state index is 12.6. The zero-order valence-electron chi connectivity index (χ0n) is 16.5. The van der Waals surface area contributed by atoms with Gasteiger partial charge in [-0.2, -0.15) is 5.26 Å². The lowest BCUT2D eigenvalue weighted by molar-refractivity contribution is -0.115. The molecule has 1 amide bonds. The molecule has 0 aliphatic carbocycles. The van der Waals surface area contributed by atoms with Crippen molar-refractivity contribution >= 4 is 39.9 Å². The van der Waals surface area contributed by atoms with Gasteiger partial charge in [-0.25, -0.2) is 4.98 Å². The number of Topliss-reactive ketones (excluding diaryl/α,β-unsaturated/α-hetero) is 1. The van der Waals surface area contributed by atoms with Gasteiger partial charge in [0.05, 0.1) is 23.2 Å². The smallest absolute Gasteiger partial charge is 0.230 e. The normalized spacial score (nSPS) is 11.2. The third-order valence-corrected chi connectivity index (χ3v) is 5.44. The Morgan fingerprint density at radius 1 is 1.24 bits per heavy atom. The molecule has 0 bridgehead atoms. The molecule has 0 atom stereocenters. The lowest BCUT2D eigenvalue weighted by atomic mass is 10.0. The first kappa shape index (κ1) is 20.2. The molecule has 2 aromatic heterocycles.